The van der Waals surface area contributed by atoms with Crippen LogP contribution in [0.3, 0.4) is 0 Å². The summed E-state index contributed by atoms with van der Waals surface area (Å²) in [7, 11) is 5.12. The molecular weight excluding hydrogens is 426 g/mol. The Morgan fingerprint density at radius 3 is 2.53 bits per heavy atom. The molecule has 2 aromatic rings. The van der Waals surface area contributed by atoms with E-state index in [2.05, 4.69) is 66.5 Å². The first-order valence-electron chi connectivity index (χ1n) is 11.8. The smallest absolute Gasteiger partial charge is 0.231 e. The average Bonchev–Trinajstić information content (AvgIpc) is 3.34. The van der Waals surface area contributed by atoms with E-state index in [0.717, 1.165) is 29.3 Å². The summed E-state index contributed by atoms with van der Waals surface area (Å²) in [6.45, 7) is 2.61. The maximum Gasteiger partial charge on any atom is 0.231 e. The number of nitrogens with zero attached hydrogens (tertiary/aromatic N) is 1. The Hall–Kier alpha value is -3.47. The summed E-state index contributed by atoms with van der Waals surface area (Å²) in [4.78, 5) is 4.31. The van der Waals surface area contributed by atoms with Gasteiger partial charge in [-0.15, -0.1) is 0 Å². The molecule has 176 valence electrons. The highest BCUT2D eigenvalue weighted by molar-refractivity contribution is 5.87. The van der Waals surface area contributed by atoms with Gasteiger partial charge in [0.15, 0.2) is 23.0 Å². The Labute approximate surface area is 201 Å². The van der Waals surface area contributed by atoms with Crippen molar-refractivity contribution in [3.63, 3.8) is 0 Å². The molecule has 0 amide bonds. The van der Waals surface area contributed by atoms with E-state index in [-0.39, 0.29) is 18.6 Å². The molecule has 0 N–H and O–H groups in total. The maximum absolute atomic E-state index is 5.95. The summed E-state index contributed by atoms with van der Waals surface area (Å²) >= 11 is 0. The Morgan fingerprint density at radius 1 is 1.00 bits per heavy atom. The Bertz CT molecular complexity index is 1180. The minimum absolute atomic E-state index is 0.202. The molecule has 2 aromatic carbocycles. The van der Waals surface area contributed by atoms with Gasteiger partial charge in [-0.25, -0.2) is 0 Å². The molecule has 1 heterocycles. The van der Waals surface area contributed by atoms with Crippen molar-refractivity contribution in [3.05, 3.63) is 94.5 Å². The van der Waals surface area contributed by atoms with Crippen molar-refractivity contribution >= 4 is 6.21 Å². The molecule has 4 atom stereocenters. The second kappa shape index (κ2) is 9.41. The Balaban J connectivity index is 1.56. The van der Waals surface area contributed by atoms with Crippen LogP contribution in [0, 0.1) is 17.8 Å². The van der Waals surface area contributed by atoms with E-state index < -0.39 is 0 Å². The van der Waals surface area contributed by atoms with Crippen LogP contribution in [0.2, 0.25) is 0 Å². The monoisotopic (exact) mass is 457 g/mol. The number of hydrogen-bond acceptors (Lipinski definition) is 5. The quantitative estimate of drug-likeness (QED) is 0.414. The molecule has 0 saturated carbocycles. The van der Waals surface area contributed by atoms with E-state index in [4.69, 9.17) is 18.9 Å². The first-order chi connectivity index (χ1) is 16.7. The van der Waals surface area contributed by atoms with Gasteiger partial charge in [-0.05, 0) is 47.1 Å². The zero-order valence-electron chi connectivity index (χ0n) is 20.2. The summed E-state index contributed by atoms with van der Waals surface area (Å²) in [5.41, 5.74) is 4.74. The van der Waals surface area contributed by atoms with Crippen molar-refractivity contribution in [2.75, 3.05) is 28.1 Å². The van der Waals surface area contributed by atoms with Gasteiger partial charge >= 0.3 is 0 Å². The molecular formula is C29H31NO4. The van der Waals surface area contributed by atoms with Crippen molar-refractivity contribution in [3.8, 4) is 11.5 Å². The molecule has 34 heavy (non-hydrogen) atoms. The van der Waals surface area contributed by atoms with Gasteiger partial charge in [0, 0.05) is 30.7 Å². The van der Waals surface area contributed by atoms with Gasteiger partial charge in [0.1, 0.15) is 0 Å². The molecule has 2 aliphatic carbocycles. The van der Waals surface area contributed by atoms with Crippen LogP contribution < -0.4 is 9.47 Å². The van der Waals surface area contributed by atoms with Crippen LogP contribution >= 0.6 is 0 Å². The highest BCUT2D eigenvalue weighted by Crippen LogP contribution is 2.50. The van der Waals surface area contributed by atoms with Crippen LogP contribution in [0.25, 0.3) is 0 Å². The van der Waals surface area contributed by atoms with Crippen molar-refractivity contribution in [1.29, 1.82) is 0 Å². The molecule has 1 aliphatic heterocycles. The number of hydrogen-bond donors (Lipinski definition) is 0. The summed E-state index contributed by atoms with van der Waals surface area (Å²) in [6.07, 6.45) is 9.70. The molecule has 1 saturated heterocycles. The number of methoxy groups -OCH3 is 2. The first-order valence-corrected chi connectivity index (χ1v) is 11.8. The Morgan fingerprint density at radius 2 is 1.79 bits per heavy atom. The van der Waals surface area contributed by atoms with Crippen LogP contribution in [0.15, 0.2) is 82.8 Å². The summed E-state index contributed by atoms with van der Waals surface area (Å²) in [6, 6.07) is 14.7. The number of benzene rings is 2. The summed E-state index contributed by atoms with van der Waals surface area (Å²) in [5, 5.41) is 0. The fourth-order valence-corrected chi connectivity index (χ4v) is 5.62. The van der Waals surface area contributed by atoms with E-state index in [1.165, 1.54) is 16.7 Å². The minimum Gasteiger partial charge on any atom is -0.493 e. The van der Waals surface area contributed by atoms with Gasteiger partial charge in [0.2, 0.25) is 6.79 Å². The summed E-state index contributed by atoms with van der Waals surface area (Å²) in [5.74, 6) is 4.34. The van der Waals surface area contributed by atoms with Crippen molar-refractivity contribution < 1.29 is 18.9 Å². The normalized spacial score (nSPS) is 25.4. The molecule has 5 rings (SSSR count). The van der Waals surface area contributed by atoms with Crippen LogP contribution in [0.5, 0.6) is 11.5 Å². The van der Waals surface area contributed by atoms with Gasteiger partial charge in [0.05, 0.1) is 14.2 Å². The number of fused-ring (bicyclic) bond motifs is 2. The van der Waals surface area contributed by atoms with Crippen molar-refractivity contribution in [2.24, 2.45) is 22.7 Å². The lowest BCUT2D eigenvalue weighted by atomic mass is 9.64. The summed E-state index contributed by atoms with van der Waals surface area (Å²) < 4.78 is 23.1. The molecule has 5 nitrogen and oxygen atoms in total. The fraction of sp³-hybridized carbons (Fsp3) is 0.345. The molecule has 3 aliphatic rings. The predicted molar refractivity (Wildman–Crippen MR) is 133 cm³/mol. The van der Waals surface area contributed by atoms with E-state index in [0.29, 0.717) is 17.6 Å². The van der Waals surface area contributed by atoms with E-state index >= 15 is 0 Å². The third-order valence-electron chi connectivity index (χ3n) is 7.27. The lowest BCUT2D eigenvalue weighted by Crippen LogP contribution is -2.32. The third kappa shape index (κ3) is 3.79. The fourth-order valence-electron chi connectivity index (χ4n) is 5.62. The largest absolute Gasteiger partial charge is 0.493 e. The number of rotatable bonds is 6. The second-order valence-electron chi connectivity index (χ2n) is 9.02. The SMILES string of the molecule is CN=Cc1c(C2C=CC3C(Cc4ccccc4)=C4OCOC4=CC3C2C)ccc(OC)c1OC. The lowest BCUT2D eigenvalue weighted by molar-refractivity contribution is 0.0970. The lowest BCUT2D eigenvalue weighted by Gasteiger charge is -2.40. The molecule has 1 fully saturated rings. The second-order valence-corrected chi connectivity index (χ2v) is 9.02. The van der Waals surface area contributed by atoms with E-state index in [9.17, 15) is 0 Å². The number of allylic oxidation sites excluding steroid dienone is 4. The van der Waals surface area contributed by atoms with Gasteiger partial charge in [-0.3, -0.25) is 4.99 Å². The highest BCUT2D eigenvalue weighted by Gasteiger charge is 2.42. The molecule has 5 heteroatoms. The zero-order valence-corrected chi connectivity index (χ0v) is 20.2. The van der Waals surface area contributed by atoms with Gasteiger partial charge in [-0.1, -0.05) is 55.5 Å². The minimum atomic E-state index is 0.202. The standard InChI is InChI=1S/C29H31NO4/c1-18-20(21-12-13-26(31-3)28(32-4)25(21)16-30-2)10-11-22-23(18)15-27-29(34-17-33-27)24(22)14-19-8-6-5-7-9-19/h5-13,15-16,18,20,22-23H,14,17H2,1-4H3. The van der Waals surface area contributed by atoms with Crippen molar-refractivity contribution in [1.82, 2.24) is 0 Å². The Kier molecular flexibility index (Phi) is 6.18. The van der Waals surface area contributed by atoms with Gasteiger partial charge in [0.25, 0.3) is 0 Å². The topological polar surface area (TPSA) is 49.3 Å². The molecule has 0 bridgehead atoms. The zero-order chi connectivity index (χ0) is 23.7. The number of ether oxygens (including phenoxy) is 4. The van der Waals surface area contributed by atoms with Gasteiger partial charge in [-0.2, -0.15) is 0 Å². The van der Waals surface area contributed by atoms with Crippen molar-refractivity contribution in [2.45, 2.75) is 19.3 Å². The predicted octanol–water partition coefficient (Wildman–Crippen LogP) is 5.67. The third-order valence-corrected chi connectivity index (χ3v) is 7.27. The molecule has 0 spiro atoms. The maximum atomic E-state index is 5.95. The molecule has 0 radical (unpaired) electrons. The highest BCUT2D eigenvalue weighted by atomic mass is 16.7. The van der Waals surface area contributed by atoms with Crippen LogP contribution in [-0.2, 0) is 15.9 Å². The number of aliphatic imine (C=N–C) groups is 1. The van der Waals surface area contributed by atoms with E-state index in [1.807, 2.05) is 12.3 Å². The molecule has 0 aromatic heterocycles. The van der Waals surface area contributed by atoms with Crippen LogP contribution in [0.1, 0.15) is 29.5 Å². The van der Waals surface area contributed by atoms with Crippen LogP contribution in [0.4, 0.5) is 0 Å². The average molecular weight is 458 g/mol. The molecule has 4 unspecified atom stereocenters. The van der Waals surface area contributed by atoms with Crippen LogP contribution in [-0.4, -0.2) is 34.3 Å². The van der Waals surface area contributed by atoms with Gasteiger partial charge < -0.3 is 18.9 Å². The first kappa shape index (κ1) is 22.3. The van der Waals surface area contributed by atoms with E-state index in [1.54, 1.807) is 21.3 Å².